The zero-order valence-electron chi connectivity index (χ0n) is 11.8. The summed E-state index contributed by atoms with van der Waals surface area (Å²) >= 11 is 1.21. The van der Waals surface area contributed by atoms with E-state index < -0.39 is 0 Å². The standard InChI is InChI=1S/C12H20N4O2S/c1-6(2)15-11-7(10(17)14-3)8(13)9(19-11)12(18)16(4)5/h6,15H,13H2,1-5H3,(H,14,17). The number of carbonyl (C=O) groups excluding carboxylic acids is 2. The van der Waals surface area contributed by atoms with Crippen molar-refractivity contribution in [2.45, 2.75) is 19.9 Å². The van der Waals surface area contributed by atoms with Gasteiger partial charge in [-0.1, -0.05) is 0 Å². The Morgan fingerprint density at radius 2 is 1.89 bits per heavy atom. The predicted molar refractivity (Wildman–Crippen MR) is 78.9 cm³/mol. The molecular weight excluding hydrogens is 264 g/mol. The van der Waals surface area contributed by atoms with Crippen LogP contribution in [0.5, 0.6) is 0 Å². The maximum absolute atomic E-state index is 12.0. The Morgan fingerprint density at radius 1 is 1.32 bits per heavy atom. The second-order valence-electron chi connectivity index (χ2n) is 4.63. The molecule has 0 radical (unpaired) electrons. The van der Waals surface area contributed by atoms with Crippen LogP contribution in [-0.4, -0.2) is 43.9 Å². The van der Waals surface area contributed by atoms with Crippen molar-refractivity contribution in [2.75, 3.05) is 32.2 Å². The van der Waals surface area contributed by atoms with E-state index in [1.54, 1.807) is 14.1 Å². The second kappa shape index (κ2) is 5.92. The van der Waals surface area contributed by atoms with Gasteiger partial charge in [-0.25, -0.2) is 0 Å². The van der Waals surface area contributed by atoms with E-state index in [9.17, 15) is 9.59 Å². The van der Waals surface area contributed by atoms with Gasteiger partial charge in [0.1, 0.15) is 9.88 Å². The molecule has 1 aromatic rings. The van der Waals surface area contributed by atoms with Crippen LogP contribution in [0.3, 0.4) is 0 Å². The van der Waals surface area contributed by atoms with Crippen molar-refractivity contribution >= 4 is 33.8 Å². The van der Waals surface area contributed by atoms with Crippen LogP contribution in [0.15, 0.2) is 0 Å². The molecule has 0 aliphatic carbocycles. The average molecular weight is 284 g/mol. The first kappa shape index (κ1) is 15.3. The first-order valence-electron chi connectivity index (χ1n) is 5.92. The molecule has 0 saturated heterocycles. The lowest BCUT2D eigenvalue weighted by Gasteiger charge is -2.09. The highest BCUT2D eigenvalue weighted by atomic mass is 32.1. The Hall–Kier alpha value is -1.76. The molecular formula is C12H20N4O2S. The fourth-order valence-corrected chi connectivity index (χ4v) is 2.81. The minimum absolute atomic E-state index is 0.142. The molecule has 0 aliphatic rings. The monoisotopic (exact) mass is 284 g/mol. The molecule has 19 heavy (non-hydrogen) atoms. The molecule has 0 aliphatic heterocycles. The van der Waals surface area contributed by atoms with E-state index >= 15 is 0 Å². The summed E-state index contributed by atoms with van der Waals surface area (Å²) < 4.78 is 0. The highest BCUT2D eigenvalue weighted by Crippen LogP contribution is 2.36. The highest BCUT2D eigenvalue weighted by molar-refractivity contribution is 7.19. The molecule has 0 unspecified atom stereocenters. The summed E-state index contributed by atoms with van der Waals surface area (Å²) in [7, 11) is 4.83. The average Bonchev–Trinajstić information content (AvgIpc) is 2.63. The molecule has 0 fully saturated rings. The van der Waals surface area contributed by atoms with Crippen LogP contribution in [0.2, 0.25) is 0 Å². The predicted octanol–water partition coefficient (Wildman–Crippen LogP) is 1.21. The number of carbonyl (C=O) groups is 2. The summed E-state index contributed by atoms with van der Waals surface area (Å²) in [5.41, 5.74) is 6.52. The zero-order valence-corrected chi connectivity index (χ0v) is 12.6. The third-order valence-corrected chi connectivity index (χ3v) is 3.54. The minimum atomic E-state index is -0.297. The number of hydrogen-bond donors (Lipinski definition) is 3. The van der Waals surface area contributed by atoms with Crippen molar-refractivity contribution in [1.29, 1.82) is 0 Å². The number of nitrogen functional groups attached to an aromatic ring is 1. The second-order valence-corrected chi connectivity index (χ2v) is 5.65. The SMILES string of the molecule is CNC(=O)c1c(NC(C)C)sc(C(=O)N(C)C)c1N. The van der Waals surface area contributed by atoms with Crippen LogP contribution in [0.25, 0.3) is 0 Å². The van der Waals surface area contributed by atoms with E-state index in [2.05, 4.69) is 10.6 Å². The van der Waals surface area contributed by atoms with Crippen LogP contribution in [-0.2, 0) is 0 Å². The summed E-state index contributed by atoms with van der Waals surface area (Å²) in [6.07, 6.45) is 0. The fourth-order valence-electron chi connectivity index (χ4n) is 1.52. The number of anilines is 2. The number of nitrogens with two attached hydrogens (primary N) is 1. The van der Waals surface area contributed by atoms with Crippen molar-refractivity contribution in [1.82, 2.24) is 10.2 Å². The van der Waals surface area contributed by atoms with Gasteiger partial charge in [0.25, 0.3) is 11.8 Å². The van der Waals surface area contributed by atoms with E-state index in [0.717, 1.165) is 0 Å². The van der Waals surface area contributed by atoms with E-state index in [0.29, 0.717) is 15.4 Å². The number of nitrogens with zero attached hydrogens (tertiary/aromatic N) is 1. The van der Waals surface area contributed by atoms with Gasteiger partial charge < -0.3 is 21.3 Å². The molecule has 4 N–H and O–H groups in total. The lowest BCUT2D eigenvalue weighted by Crippen LogP contribution is -2.23. The third-order valence-electron chi connectivity index (χ3n) is 2.42. The maximum Gasteiger partial charge on any atom is 0.265 e. The third kappa shape index (κ3) is 3.17. The normalized spacial score (nSPS) is 10.4. The molecule has 6 nitrogen and oxygen atoms in total. The van der Waals surface area contributed by atoms with E-state index in [4.69, 9.17) is 5.73 Å². The van der Waals surface area contributed by atoms with Crippen molar-refractivity contribution in [3.05, 3.63) is 10.4 Å². The first-order chi connectivity index (χ1) is 8.79. The summed E-state index contributed by atoms with van der Waals surface area (Å²) in [6.45, 7) is 3.91. The number of nitrogens with one attached hydrogen (secondary N) is 2. The molecule has 1 rings (SSSR count). The van der Waals surface area contributed by atoms with E-state index in [1.807, 2.05) is 13.8 Å². The summed E-state index contributed by atoms with van der Waals surface area (Å²) in [5, 5.41) is 6.31. The molecule has 0 bridgehead atoms. The van der Waals surface area contributed by atoms with Gasteiger partial charge >= 0.3 is 0 Å². The maximum atomic E-state index is 12.0. The molecule has 106 valence electrons. The minimum Gasteiger partial charge on any atom is -0.397 e. The Bertz CT molecular complexity index is 494. The summed E-state index contributed by atoms with van der Waals surface area (Å²) in [6, 6.07) is 0.142. The largest absolute Gasteiger partial charge is 0.397 e. The molecule has 1 aromatic heterocycles. The molecule has 1 heterocycles. The molecule has 2 amide bonds. The summed E-state index contributed by atoms with van der Waals surface area (Å²) in [4.78, 5) is 25.7. The van der Waals surface area contributed by atoms with Gasteiger partial charge in [-0.05, 0) is 13.8 Å². The lowest BCUT2D eigenvalue weighted by molar-refractivity contribution is 0.0833. The molecule has 0 spiro atoms. The Labute approximate surface area is 117 Å². The molecule has 0 saturated carbocycles. The van der Waals surface area contributed by atoms with Crippen molar-refractivity contribution in [3.8, 4) is 0 Å². The van der Waals surface area contributed by atoms with Gasteiger partial charge in [0, 0.05) is 27.2 Å². The zero-order chi connectivity index (χ0) is 14.7. The van der Waals surface area contributed by atoms with E-state index in [1.165, 1.54) is 23.3 Å². The van der Waals surface area contributed by atoms with Gasteiger partial charge in [0.05, 0.1) is 11.3 Å². The smallest absolute Gasteiger partial charge is 0.265 e. The molecule has 0 aromatic carbocycles. The van der Waals surface area contributed by atoms with Gasteiger partial charge in [0.2, 0.25) is 0 Å². The highest BCUT2D eigenvalue weighted by Gasteiger charge is 2.26. The Kier molecular flexibility index (Phi) is 4.77. The van der Waals surface area contributed by atoms with Gasteiger partial charge in [-0.15, -0.1) is 11.3 Å². The lowest BCUT2D eigenvalue weighted by atomic mass is 10.2. The number of thiophene rings is 1. The molecule has 0 atom stereocenters. The van der Waals surface area contributed by atoms with Crippen LogP contribution < -0.4 is 16.4 Å². The Balaban J connectivity index is 3.34. The quantitative estimate of drug-likeness (QED) is 0.775. The first-order valence-corrected chi connectivity index (χ1v) is 6.73. The number of amides is 2. The van der Waals surface area contributed by atoms with Gasteiger partial charge in [-0.2, -0.15) is 0 Å². The fraction of sp³-hybridized carbons (Fsp3) is 0.500. The topological polar surface area (TPSA) is 87.5 Å². The number of hydrogen-bond acceptors (Lipinski definition) is 5. The summed E-state index contributed by atoms with van der Waals surface area (Å²) in [5.74, 6) is -0.501. The van der Waals surface area contributed by atoms with E-state index in [-0.39, 0.29) is 23.5 Å². The van der Waals surface area contributed by atoms with Gasteiger partial charge in [-0.3, -0.25) is 9.59 Å². The molecule has 7 heteroatoms. The van der Waals surface area contributed by atoms with Crippen molar-refractivity contribution < 1.29 is 9.59 Å². The van der Waals surface area contributed by atoms with Crippen molar-refractivity contribution in [3.63, 3.8) is 0 Å². The Morgan fingerprint density at radius 3 is 2.32 bits per heavy atom. The van der Waals surface area contributed by atoms with Crippen molar-refractivity contribution in [2.24, 2.45) is 0 Å². The number of rotatable bonds is 4. The van der Waals surface area contributed by atoms with Crippen LogP contribution in [0, 0.1) is 0 Å². The van der Waals surface area contributed by atoms with Crippen LogP contribution >= 0.6 is 11.3 Å². The van der Waals surface area contributed by atoms with Crippen LogP contribution in [0.4, 0.5) is 10.7 Å². The van der Waals surface area contributed by atoms with Gasteiger partial charge in [0.15, 0.2) is 0 Å². The van der Waals surface area contributed by atoms with Crippen LogP contribution in [0.1, 0.15) is 33.9 Å².